The predicted molar refractivity (Wildman–Crippen MR) is 68.2 cm³/mol. The third-order valence-electron chi connectivity index (χ3n) is 2.82. The summed E-state index contributed by atoms with van der Waals surface area (Å²) in [5, 5.41) is 2.86. The number of nitrogens with one attached hydrogen (secondary N) is 1. The molecular formula is C13H16ClNO2. The van der Waals surface area contributed by atoms with Gasteiger partial charge in [0.25, 0.3) is 5.91 Å². The molecule has 1 saturated heterocycles. The summed E-state index contributed by atoms with van der Waals surface area (Å²) in [6.45, 7) is 0.680. The molecular weight excluding hydrogens is 238 g/mol. The Labute approximate surface area is 106 Å². The second-order valence-electron chi connectivity index (χ2n) is 4.18. The van der Waals surface area contributed by atoms with Gasteiger partial charge in [-0.3, -0.25) is 4.79 Å². The summed E-state index contributed by atoms with van der Waals surface area (Å²) < 4.78 is 5.43. The van der Waals surface area contributed by atoms with E-state index in [2.05, 4.69) is 5.32 Å². The SMILES string of the molecule is O=C(Nc1cccc(CCl)c1)C1CCCCO1. The minimum absolute atomic E-state index is 0.0589. The van der Waals surface area contributed by atoms with Gasteiger partial charge >= 0.3 is 0 Å². The molecule has 4 heteroatoms. The van der Waals surface area contributed by atoms with Gasteiger partial charge in [0.2, 0.25) is 0 Å². The van der Waals surface area contributed by atoms with E-state index in [4.69, 9.17) is 16.3 Å². The highest BCUT2D eigenvalue weighted by molar-refractivity contribution is 6.17. The average Bonchev–Trinajstić information content (AvgIpc) is 2.40. The van der Waals surface area contributed by atoms with E-state index in [9.17, 15) is 4.79 Å². The Kier molecular flexibility index (Phi) is 4.40. The standard InChI is InChI=1S/C13H16ClNO2/c14-9-10-4-3-5-11(8-10)15-13(16)12-6-1-2-7-17-12/h3-5,8,12H,1-2,6-7,9H2,(H,15,16). The third kappa shape index (κ3) is 3.45. The predicted octanol–water partition coefficient (Wildman–Crippen LogP) is 2.93. The molecule has 0 bridgehead atoms. The van der Waals surface area contributed by atoms with Crippen LogP contribution in [0.3, 0.4) is 0 Å². The van der Waals surface area contributed by atoms with E-state index in [1.165, 1.54) is 0 Å². The first-order valence-corrected chi connectivity index (χ1v) is 6.40. The Morgan fingerprint density at radius 1 is 1.47 bits per heavy atom. The highest BCUT2D eigenvalue weighted by atomic mass is 35.5. The maximum atomic E-state index is 11.9. The number of halogens is 1. The van der Waals surface area contributed by atoms with Crippen LogP contribution in [0.5, 0.6) is 0 Å². The first-order chi connectivity index (χ1) is 8.29. The fraction of sp³-hybridized carbons (Fsp3) is 0.462. The number of hydrogen-bond acceptors (Lipinski definition) is 2. The number of amides is 1. The molecule has 1 heterocycles. The molecule has 1 unspecified atom stereocenters. The molecule has 0 aliphatic carbocycles. The second kappa shape index (κ2) is 6.03. The van der Waals surface area contributed by atoms with Crippen molar-refractivity contribution in [1.82, 2.24) is 0 Å². The molecule has 92 valence electrons. The average molecular weight is 254 g/mol. The summed E-state index contributed by atoms with van der Waals surface area (Å²) >= 11 is 5.75. The summed E-state index contributed by atoms with van der Waals surface area (Å²) in [6.07, 6.45) is 2.61. The molecule has 17 heavy (non-hydrogen) atoms. The zero-order chi connectivity index (χ0) is 12.1. The second-order valence-corrected chi connectivity index (χ2v) is 4.45. The number of rotatable bonds is 3. The van der Waals surface area contributed by atoms with Crippen molar-refractivity contribution >= 4 is 23.2 Å². The van der Waals surface area contributed by atoms with E-state index in [1.807, 2.05) is 24.3 Å². The van der Waals surface area contributed by atoms with Crippen molar-refractivity contribution in [2.45, 2.75) is 31.2 Å². The van der Waals surface area contributed by atoms with Crippen LogP contribution in [0.4, 0.5) is 5.69 Å². The minimum Gasteiger partial charge on any atom is -0.368 e. The number of carbonyl (C=O) groups excluding carboxylic acids is 1. The molecule has 1 aliphatic heterocycles. The van der Waals surface area contributed by atoms with E-state index in [-0.39, 0.29) is 12.0 Å². The van der Waals surface area contributed by atoms with Gasteiger partial charge in [-0.25, -0.2) is 0 Å². The van der Waals surface area contributed by atoms with Crippen LogP contribution in [-0.4, -0.2) is 18.6 Å². The topological polar surface area (TPSA) is 38.3 Å². The summed E-state index contributed by atoms with van der Waals surface area (Å²) in [6, 6.07) is 7.55. The number of carbonyl (C=O) groups is 1. The molecule has 1 aromatic carbocycles. The quantitative estimate of drug-likeness (QED) is 0.842. The first-order valence-electron chi connectivity index (χ1n) is 5.87. The van der Waals surface area contributed by atoms with Crippen molar-refractivity contribution in [3.8, 4) is 0 Å². The zero-order valence-corrected chi connectivity index (χ0v) is 10.4. The summed E-state index contributed by atoms with van der Waals surface area (Å²) in [4.78, 5) is 11.9. The van der Waals surface area contributed by atoms with Crippen molar-refractivity contribution in [3.05, 3.63) is 29.8 Å². The maximum Gasteiger partial charge on any atom is 0.253 e. The maximum absolute atomic E-state index is 11.9. The van der Waals surface area contributed by atoms with Gasteiger partial charge in [-0.15, -0.1) is 11.6 Å². The molecule has 1 aliphatic rings. The van der Waals surface area contributed by atoms with Crippen LogP contribution in [0.25, 0.3) is 0 Å². The molecule has 0 radical (unpaired) electrons. The zero-order valence-electron chi connectivity index (χ0n) is 9.62. The normalized spacial score (nSPS) is 19.9. The highest BCUT2D eigenvalue weighted by Crippen LogP contribution is 2.17. The lowest BCUT2D eigenvalue weighted by Crippen LogP contribution is -2.33. The van der Waals surface area contributed by atoms with Gasteiger partial charge in [-0.1, -0.05) is 12.1 Å². The molecule has 1 aromatic rings. The Morgan fingerprint density at radius 2 is 2.35 bits per heavy atom. The molecule has 1 atom stereocenters. The van der Waals surface area contributed by atoms with Crippen LogP contribution >= 0.6 is 11.6 Å². The molecule has 1 amide bonds. The Hall–Kier alpha value is -1.06. The number of anilines is 1. The van der Waals surface area contributed by atoms with Crippen molar-refractivity contribution in [1.29, 1.82) is 0 Å². The van der Waals surface area contributed by atoms with Crippen LogP contribution < -0.4 is 5.32 Å². The molecule has 0 aromatic heterocycles. The van der Waals surface area contributed by atoms with Gasteiger partial charge in [0.15, 0.2) is 0 Å². The number of ether oxygens (including phenoxy) is 1. The highest BCUT2D eigenvalue weighted by Gasteiger charge is 2.21. The summed E-state index contributed by atoms with van der Waals surface area (Å²) in [5.74, 6) is 0.389. The molecule has 2 rings (SSSR count). The Morgan fingerprint density at radius 3 is 3.06 bits per heavy atom. The number of benzene rings is 1. The van der Waals surface area contributed by atoms with Gasteiger partial charge in [0.1, 0.15) is 6.10 Å². The Balaban J connectivity index is 1.96. The van der Waals surface area contributed by atoms with E-state index >= 15 is 0 Å². The van der Waals surface area contributed by atoms with Crippen molar-refractivity contribution < 1.29 is 9.53 Å². The van der Waals surface area contributed by atoms with E-state index < -0.39 is 0 Å². The fourth-order valence-corrected chi connectivity index (χ4v) is 2.07. The van der Waals surface area contributed by atoms with Gasteiger partial charge in [-0.2, -0.15) is 0 Å². The van der Waals surface area contributed by atoms with Crippen LogP contribution in [0.15, 0.2) is 24.3 Å². The van der Waals surface area contributed by atoms with E-state index in [1.54, 1.807) is 0 Å². The van der Waals surface area contributed by atoms with Crippen LogP contribution in [-0.2, 0) is 15.4 Å². The molecule has 1 N–H and O–H groups in total. The lowest BCUT2D eigenvalue weighted by atomic mass is 10.1. The third-order valence-corrected chi connectivity index (χ3v) is 3.13. The van der Waals surface area contributed by atoms with Crippen molar-refractivity contribution in [3.63, 3.8) is 0 Å². The fourth-order valence-electron chi connectivity index (χ4n) is 1.90. The summed E-state index contributed by atoms with van der Waals surface area (Å²) in [7, 11) is 0. The molecule has 0 saturated carbocycles. The lowest BCUT2D eigenvalue weighted by molar-refractivity contribution is -0.129. The largest absolute Gasteiger partial charge is 0.368 e. The first kappa shape index (κ1) is 12.4. The minimum atomic E-state index is -0.302. The molecule has 0 spiro atoms. The Bertz CT molecular complexity index is 389. The van der Waals surface area contributed by atoms with E-state index in [0.717, 1.165) is 30.5 Å². The van der Waals surface area contributed by atoms with Crippen molar-refractivity contribution in [2.75, 3.05) is 11.9 Å². The lowest BCUT2D eigenvalue weighted by Gasteiger charge is -2.21. The van der Waals surface area contributed by atoms with Gasteiger partial charge < -0.3 is 10.1 Å². The van der Waals surface area contributed by atoms with Gasteiger partial charge in [-0.05, 0) is 37.0 Å². The molecule has 3 nitrogen and oxygen atoms in total. The van der Waals surface area contributed by atoms with Crippen LogP contribution in [0.1, 0.15) is 24.8 Å². The van der Waals surface area contributed by atoms with Gasteiger partial charge in [0.05, 0.1) is 0 Å². The van der Waals surface area contributed by atoms with E-state index in [0.29, 0.717) is 12.5 Å². The number of alkyl halides is 1. The smallest absolute Gasteiger partial charge is 0.253 e. The molecule has 1 fully saturated rings. The number of hydrogen-bond donors (Lipinski definition) is 1. The summed E-state index contributed by atoms with van der Waals surface area (Å²) in [5.41, 5.74) is 1.77. The van der Waals surface area contributed by atoms with Crippen molar-refractivity contribution in [2.24, 2.45) is 0 Å². The van der Waals surface area contributed by atoms with Crippen LogP contribution in [0.2, 0.25) is 0 Å². The van der Waals surface area contributed by atoms with Gasteiger partial charge in [0, 0.05) is 18.2 Å². The monoisotopic (exact) mass is 253 g/mol. The van der Waals surface area contributed by atoms with Crippen LogP contribution in [0, 0.1) is 0 Å².